The van der Waals surface area contributed by atoms with Gasteiger partial charge in [0.05, 0.1) is 11.9 Å². The van der Waals surface area contributed by atoms with Gasteiger partial charge in [-0.1, -0.05) is 18.2 Å². The second kappa shape index (κ2) is 6.49. The normalized spacial score (nSPS) is 10.9. The van der Waals surface area contributed by atoms with Crippen molar-refractivity contribution in [2.75, 3.05) is 11.1 Å². The van der Waals surface area contributed by atoms with E-state index in [0.717, 1.165) is 0 Å². The van der Waals surface area contributed by atoms with Crippen LogP contribution in [0.5, 0.6) is 0 Å². The van der Waals surface area contributed by atoms with Crippen LogP contribution in [0.15, 0.2) is 54.9 Å². The molecule has 0 spiro atoms. The van der Waals surface area contributed by atoms with Crippen molar-refractivity contribution in [3.63, 3.8) is 0 Å². The molecule has 0 aliphatic heterocycles. The van der Waals surface area contributed by atoms with Gasteiger partial charge in [0.1, 0.15) is 11.6 Å². The van der Waals surface area contributed by atoms with Crippen LogP contribution in [0.25, 0.3) is 28.0 Å². The molecule has 0 bridgehead atoms. The van der Waals surface area contributed by atoms with E-state index in [4.69, 9.17) is 5.73 Å². The number of nitrogens with zero attached hydrogens (tertiary/aromatic N) is 4. The Morgan fingerprint density at radius 3 is 2.78 bits per heavy atom. The van der Waals surface area contributed by atoms with Gasteiger partial charge in [0.2, 0.25) is 5.91 Å². The maximum absolute atomic E-state index is 14.2. The molecule has 0 radical (unpaired) electrons. The summed E-state index contributed by atoms with van der Waals surface area (Å²) in [4.78, 5) is 19.6. The highest BCUT2D eigenvalue weighted by atomic mass is 19.1. The van der Waals surface area contributed by atoms with Crippen LogP contribution in [0.1, 0.15) is 6.92 Å². The number of amides is 1. The van der Waals surface area contributed by atoms with Gasteiger partial charge in [-0.05, 0) is 24.3 Å². The maximum atomic E-state index is 14.2. The third-order valence-corrected chi connectivity index (χ3v) is 4.00. The Balaban J connectivity index is 1.78. The van der Waals surface area contributed by atoms with Crippen LogP contribution in [-0.2, 0) is 4.79 Å². The molecule has 27 heavy (non-hydrogen) atoms. The van der Waals surface area contributed by atoms with Crippen molar-refractivity contribution in [3.8, 4) is 22.4 Å². The summed E-state index contributed by atoms with van der Waals surface area (Å²) >= 11 is 0. The van der Waals surface area contributed by atoms with E-state index >= 15 is 0 Å². The molecule has 0 saturated heterocycles. The zero-order chi connectivity index (χ0) is 19.0. The lowest BCUT2D eigenvalue weighted by Gasteiger charge is -2.09. The molecule has 4 aromatic rings. The first-order valence-electron chi connectivity index (χ1n) is 8.16. The maximum Gasteiger partial charge on any atom is 0.222 e. The Morgan fingerprint density at radius 2 is 2.00 bits per heavy atom. The number of imidazole rings is 1. The summed E-state index contributed by atoms with van der Waals surface area (Å²) in [6.07, 6.45) is 3.20. The lowest BCUT2D eigenvalue weighted by molar-refractivity contribution is -0.114. The van der Waals surface area contributed by atoms with Crippen LogP contribution >= 0.6 is 0 Å². The number of halogens is 1. The van der Waals surface area contributed by atoms with Gasteiger partial charge in [0.25, 0.3) is 0 Å². The van der Waals surface area contributed by atoms with Crippen LogP contribution in [0.4, 0.5) is 16.0 Å². The van der Waals surface area contributed by atoms with Crippen molar-refractivity contribution in [1.82, 2.24) is 19.6 Å². The second-order valence-corrected chi connectivity index (χ2v) is 5.97. The molecule has 3 heterocycles. The minimum absolute atomic E-state index is 0.212. The molecule has 0 saturated carbocycles. The second-order valence-electron chi connectivity index (χ2n) is 5.97. The van der Waals surface area contributed by atoms with Crippen molar-refractivity contribution in [3.05, 3.63) is 60.7 Å². The summed E-state index contributed by atoms with van der Waals surface area (Å²) in [7, 11) is 0. The van der Waals surface area contributed by atoms with E-state index in [0.29, 0.717) is 33.8 Å². The fourth-order valence-electron chi connectivity index (χ4n) is 2.79. The smallest absolute Gasteiger partial charge is 0.222 e. The van der Waals surface area contributed by atoms with E-state index in [1.54, 1.807) is 53.3 Å². The summed E-state index contributed by atoms with van der Waals surface area (Å²) in [5.41, 5.74) is 8.70. The summed E-state index contributed by atoms with van der Waals surface area (Å²) in [5.74, 6) is 0.0622. The van der Waals surface area contributed by atoms with E-state index in [2.05, 4.69) is 20.4 Å². The Bertz CT molecular complexity index is 1170. The fraction of sp³-hybridized carbons (Fsp3) is 0.0526. The Kier molecular flexibility index (Phi) is 4.00. The number of nitrogens with two attached hydrogens (primary N) is 1. The van der Waals surface area contributed by atoms with Crippen LogP contribution in [0.2, 0.25) is 0 Å². The molecule has 3 aromatic heterocycles. The summed E-state index contributed by atoms with van der Waals surface area (Å²) in [6.45, 7) is 1.41. The zero-order valence-corrected chi connectivity index (χ0v) is 14.3. The van der Waals surface area contributed by atoms with Crippen molar-refractivity contribution in [1.29, 1.82) is 0 Å². The van der Waals surface area contributed by atoms with Gasteiger partial charge in [-0.2, -0.15) is 5.10 Å². The number of hydrogen-bond donors (Lipinski definition) is 2. The lowest BCUT2D eigenvalue weighted by Crippen LogP contribution is -2.05. The highest BCUT2D eigenvalue weighted by Crippen LogP contribution is 2.30. The van der Waals surface area contributed by atoms with E-state index in [-0.39, 0.29) is 17.5 Å². The highest BCUT2D eigenvalue weighted by molar-refractivity contribution is 5.87. The number of fused-ring (bicyclic) bond motifs is 1. The Hall–Kier alpha value is -3.81. The zero-order valence-electron chi connectivity index (χ0n) is 14.3. The number of benzene rings is 1. The van der Waals surface area contributed by atoms with E-state index in [1.165, 1.54) is 13.0 Å². The molecule has 0 unspecified atom stereocenters. The highest BCUT2D eigenvalue weighted by Gasteiger charge is 2.12. The first kappa shape index (κ1) is 16.6. The number of hydrogen-bond acceptors (Lipinski definition) is 5. The van der Waals surface area contributed by atoms with Gasteiger partial charge in [-0.25, -0.2) is 18.9 Å². The minimum atomic E-state index is -0.374. The molecule has 1 amide bonds. The number of nitrogens with one attached hydrogen (secondary N) is 1. The molecule has 0 atom stereocenters. The van der Waals surface area contributed by atoms with Gasteiger partial charge in [0, 0.05) is 29.8 Å². The van der Waals surface area contributed by atoms with Crippen LogP contribution in [0, 0.1) is 5.82 Å². The molecule has 0 aliphatic rings. The van der Waals surface area contributed by atoms with Crippen molar-refractivity contribution in [2.24, 2.45) is 0 Å². The predicted octanol–water partition coefficient (Wildman–Crippen LogP) is 3.14. The molecular formula is C19H15FN6O. The number of anilines is 2. The monoisotopic (exact) mass is 362 g/mol. The Labute approximate surface area is 153 Å². The lowest BCUT2D eigenvalue weighted by atomic mass is 10.0. The van der Waals surface area contributed by atoms with Crippen molar-refractivity contribution in [2.45, 2.75) is 6.92 Å². The molecule has 134 valence electrons. The molecule has 0 fully saturated rings. The van der Waals surface area contributed by atoms with E-state index in [1.807, 2.05) is 0 Å². The van der Waals surface area contributed by atoms with Gasteiger partial charge in [-0.3, -0.25) is 4.79 Å². The largest absolute Gasteiger partial charge is 0.383 e. The van der Waals surface area contributed by atoms with Gasteiger partial charge >= 0.3 is 0 Å². The molecule has 3 N–H and O–H groups in total. The SMILES string of the molecule is CC(=O)Nc1cn2nc(-c3cnc(N)c(-c4ccccc4F)c3)ccc2n1. The number of pyridine rings is 1. The van der Waals surface area contributed by atoms with Gasteiger partial charge < -0.3 is 11.1 Å². The standard InChI is InChI=1S/C19H15FN6O/c1-11(27)23-17-10-26-18(24-17)7-6-16(25-26)12-8-14(19(21)22-9-12)13-4-2-3-5-15(13)20/h2-10H,1H3,(H2,21,22)(H,23,27). The van der Waals surface area contributed by atoms with E-state index < -0.39 is 0 Å². The average Bonchev–Trinajstić information content (AvgIpc) is 3.03. The summed E-state index contributed by atoms with van der Waals surface area (Å²) in [6, 6.07) is 11.7. The molecule has 8 heteroatoms. The molecule has 7 nitrogen and oxygen atoms in total. The first-order valence-corrected chi connectivity index (χ1v) is 8.16. The third kappa shape index (κ3) is 3.20. The van der Waals surface area contributed by atoms with Crippen LogP contribution in [-0.4, -0.2) is 25.5 Å². The first-order chi connectivity index (χ1) is 13.0. The van der Waals surface area contributed by atoms with Crippen LogP contribution in [0.3, 0.4) is 0 Å². The number of rotatable bonds is 3. The van der Waals surface area contributed by atoms with Gasteiger partial charge in [0.15, 0.2) is 11.5 Å². The molecule has 4 rings (SSSR count). The fourth-order valence-corrected chi connectivity index (χ4v) is 2.79. The molecular weight excluding hydrogens is 347 g/mol. The summed E-state index contributed by atoms with van der Waals surface area (Å²) < 4.78 is 15.7. The predicted molar refractivity (Wildman–Crippen MR) is 100 cm³/mol. The number of carbonyl (C=O) groups excluding carboxylic acids is 1. The quantitative estimate of drug-likeness (QED) is 0.583. The van der Waals surface area contributed by atoms with Crippen molar-refractivity contribution >= 4 is 23.2 Å². The summed E-state index contributed by atoms with van der Waals surface area (Å²) in [5, 5.41) is 7.10. The number of aromatic nitrogens is 4. The van der Waals surface area contributed by atoms with Gasteiger partial charge in [-0.15, -0.1) is 0 Å². The van der Waals surface area contributed by atoms with E-state index in [9.17, 15) is 9.18 Å². The topological polar surface area (TPSA) is 98.2 Å². The molecule has 0 aliphatic carbocycles. The average molecular weight is 362 g/mol. The Morgan fingerprint density at radius 1 is 1.19 bits per heavy atom. The van der Waals surface area contributed by atoms with Crippen LogP contribution < -0.4 is 11.1 Å². The van der Waals surface area contributed by atoms with Crippen molar-refractivity contribution < 1.29 is 9.18 Å². The third-order valence-electron chi connectivity index (χ3n) is 4.00. The number of nitrogen functional groups attached to an aromatic ring is 1. The minimum Gasteiger partial charge on any atom is -0.383 e. The number of carbonyl (C=O) groups is 1. The molecule has 1 aromatic carbocycles.